The van der Waals surface area contributed by atoms with E-state index in [2.05, 4.69) is 86.7 Å². The number of imidazole rings is 2. The second-order valence-corrected chi connectivity index (χ2v) is 13.3. The molecule has 8 bridgehead atoms. The van der Waals surface area contributed by atoms with Gasteiger partial charge in [0.15, 0.2) is 0 Å². The molecule has 0 unspecified atom stereocenters. The Balaban J connectivity index is 1.46. The molecule has 52 heavy (non-hydrogen) atoms. The van der Waals surface area contributed by atoms with Crippen molar-refractivity contribution in [3.63, 3.8) is 0 Å². The fraction of sp³-hybridized carbons (Fsp3) is 0.0952. The Kier molecular flexibility index (Phi) is 7.21. The minimum atomic E-state index is -0.294. The van der Waals surface area contributed by atoms with Crippen molar-refractivity contribution in [2.75, 3.05) is 0 Å². The van der Waals surface area contributed by atoms with E-state index in [1.54, 1.807) is 0 Å². The fourth-order valence-corrected chi connectivity index (χ4v) is 7.55. The van der Waals surface area contributed by atoms with Gasteiger partial charge in [0.05, 0.1) is 50.3 Å². The van der Waals surface area contributed by atoms with Gasteiger partial charge in [-0.05, 0) is 83.9 Å². The normalized spacial score (nSPS) is 13.0. The van der Waals surface area contributed by atoms with Crippen LogP contribution in [0.25, 0.3) is 22.3 Å². The highest BCUT2D eigenvalue weighted by molar-refractivity contribution is 5.83. The van der Waals surface area contributed by atoms with Crippen molar-refractivity contribution in [1.82, 2.24) is 29.1 Å². The van der Waals surface area contributed by atoms with Crippen LogP contribution in [0.2, 0.25) is 0 Å². The largest absolute Gasteiger partial charge is 0.354 e. The summed E-state index contributed by atoms with van der Waals surface area (Å²) in [7, 11) is 8.12. The lowest BCUT2D eigenvalue weighted by molar-refractivity contribution is -0.673. The maximum absolute atomic E-state index is 14.3. The van der Waals surface area contributed by atoms with Gasteiger partial charge in [0.25, 0.3) is 11.6 Å². The smallest absolute Gasteiger partial charge is 0.292 e. The van der Waals surface area contributed by atoms with Gasteiger partial charge in [0.2, 0.25) is 0 Å². The van der Waals surface area contributed by atoms with Gasteiger partial charge in [-0.1, -0.05) is 24.3 Å². The second kappa shape index (κ2) is 12.0. The van der Waals surface area contributed by atoms with E-state index >= 15 is 0 Å². The van der Waals surface area contributed by atoms with Crippen LogP contribution in [-0.4, -0.2) is 29.1 Å². The number of hydrogen-bond donors (Lipinski definition) is 4. The van der Waals surface area contributed by atoms with Crippen LogP contribution in [0.3, 0.4) is 0 Å². The molecule has 0 aliphatic carbocycles. The van der Waals surface area contributed by atoms with Crippen LogP contribution in [0.1, 0.15) is 45.6 Å². The predicted molar refractivity (Wildman–Crippen MR) is 194 cm³/mol. The SMILES string of the molecule is Cn1cc[n+](C)c1C1=c2ccc([nH]2)=C(c2ccc(F)cc2)c2ccc([nH]2)C(c2n(C)cc[n+]2C)=c2ccc([nH]2)=C(c2ccc(F)cc2)c2ccc1[nH]2. The quantitative estimate of drug-likeness (QED) is 0.205. The lowest BCUT2D eigenvalue weighted by Crippen LogP contribution is -2.34. The average Bonchev–Trinajstić information content (AvgIpc) is 4.00. The van der Waals surface area contributed by atoms with Crippen LogP contribution < -0.4 is 30.5 Å². The Morgan fingerprint density at radius 3 is 1.08 bits per heavy atom. The molecule has 2 aromatic carbocycles. The molecule has 7 heterocycles. The lowest BCUT2D eigenvalue weighted by atomic mass is 10.0. The molecule has 0 spiro atoms. The molecule has 6 aromatic heterocycles. The summed E-state index contributed by atoms with van der Waals surface area (Å²) in [5, 5.41) is 3.53. The number of benzene rings is 2. The first-order valence-electron chi connectivity index (χ1n) is 17.0. The monoisotopic (exact) mass is 690 g/mol. The molecule has 0 amide bonds. The van der Waals surface area contributed by atoms with Gasteiger partial charge < -0.3 is 19.9 Å². The number of aryl methyl sites for hydroxylation is 4. The van der Waals surface area contributed by atoms with Gasteiger partial charge in [-0.25, -0.2) is 27.0 Å². The summed E-state index contributed by atoms with van der Waals surface area (Å²) < 4.78 is 36.9. The molecular formula is C42H36F2N8+2. The van der Waals surface area contributed by atoms with Gasteiger partial charge in [-0.3, -0.25) is 0 Å². The lowest BCUT2D eigenvalue weighted by Gasteiger charge is -2.08. The summed E-state index contributed by atoms with van der Waals surface area (Å²) in [6.45, 7) is 0. The molecule has 0 saturated heterocycles. The minimum Gasteiger partial charge on any atom is -0.354 e. The predicted octanol–water partition coefficient (Wildman–Crippen LogP) is 2.91. The van der Waals surface area contributed by atoms with Crippen LogP contribution in [0.4, 0.5) is 8.78 Å². The summed E-state index contributed by atoms with van der Waals surface area (Å²) in [4.78, 5) is 15.0. The van der Waals surface area contributed by atoms with Gasteiger partial charge >= 0.3 is 0 Å². The number of fused-ring (bicyclic) bond motifs is 8. The van der Waals surface area contributed by atoms with E-state index < -0.39 is 0 Å². The van der Waals surface area contributed by atoms with Crippen LogP contribution in [-0.2, 0) is 28.2 Å². The number of halogens is 2. The van der Waals surface area contributed by atoms with Crippen molar-refractivity contribution in [3.05, 3.63) is 200 Å². The van der Waals surface area contributed by atoms with E-state index in [-0.39, 0.29) is 11.6 Å². The Labute approximate surface area is 297 Å². The van der Waals surface area contributed by atoms with E-state index in [0.29, 0.717) is 0 Å². The molecule has 0 fully saturated rings. The van der Waals surface area contributed by atoms with Crippen molar-refractivity contribution in [1.29, 1.82) is 0 Å². The third kappa shape index (κ3) is 5.10. The minimum absolute atomic E-state index is 0.294. The molecular weight excluding hydrogens is 655 g/mol. The molecule has 1 aliphatic rings. The molecule has 9 rings (SSSR count). The third-order valence-electron chi connectivity index (χ3n) is 9.98. The Hall–Kier alpha value is -6.68. The van der Waals surface area contributed by atoms with E-state index in [0.717, 1.165) is 89.2 Å². The van der Waals surface area contributed by atoms with E-state index in [4.69, 9.17) is 0 Å². The van der Waals surface area contributed by atoms with Crippen molar-refractivity contribution in [2.24, 2.45) is 28.2 Å². The molecule has 0 atom stereocenters. The van der Waals surface area contributed by atoms with Gasteiger partial charge in [-0.2, -0.15) is 0 Å². The maximum atomic E-state index is 14.3. The molecule has 10 heteroatoms. The standard InChI is InChI=1S/C42H34F2N8/c1-49-21-22-50(2)41(49)39-33-17-13-29(45-33)37(25-5-9-27(43)10-6-25)31-15-19-35(47-31)40(42-51(3)23-24-52(42)4)36-20-16-32(48-36)38(30-14-18-34(39)46-30)26-7-11-28(44)12-8-26/h5-24H,1-4H3,(H2,45,46,47,48)/p+2. The number of aromatic nitrogens is 8. The zero-order chi connectivity index (χ0) is 35.7. The molecule has 256 valence electrons. The van der Waals surface area contributed by atoms with Gasteiger partial charge in [0.1, 0.15) is 47.6 Å². The first-order valence-corrected chi connectivity index (χ1v) is 17.0. The summed E-state index contributed by atoms with van der Waals surface area (Å²) in [6.07, 6.45) is 8.12. The average molecular weight is 691 g/mol. The highest BCUT2D eigenvalue weighted by Crippen LogP contribution is 2.27. The summed E-state index contributed by atoms with van der Waals surface area (Å²) >= 11 is 0. The number of rotatable bonds is 4. The topological polar surface area (TPSA) is 80.8 Å². The van der Waals surface area contributed by atoms with Crippen molar-refractivity contribution in [2.45, 2.75) is 0 Å². The van der Waals surface area contributed by atoms with Gasteiger partial charge in [-0.15, -0.1) is 0 Å². The van der Waals surface area contributed by atoms with E-state index in [1.165, 1.54) is 24.3 Å². The first kappa shape index (κ1) is 31.3. The number of nitrogens with one attached hydrogen (secondary N) is 4. The van der Waals surface area contributed by atoms with Crippen LogP contribution in [0, 0.1) is 11.6 Å². The van der Waals surface area contributed by atoms with Crippen molar-refractivity contribution < 1.29 is 17.9 Å². The molecule has 1 aliphatic heterocycles. The van der Waals surface area contributed by atoms with E-state index in [1.807, 2.05) is 77.2 Å². The fourth-order valence-electron chi connectivity index (χ4n) is 7.55. The highest BCUT2D eigenvalue weighted by Gasteiger charge is 2.26. The highest BCUT2D eigenvalue weighted by atomic mass is 19.1. The molecule has 0 saturated carbocycles. The maximum Gasteiger partial charge on any atom is 0.292 e. The van der Waals surface area contributed by atoms with Crippen LogP contribution in [0.15, 0.2) is 122 Å². The number of aromatic amines is 4. The van der Waals surface area contributed by atoms with E-state index in [9.17, 15) is 8.78 Å². The molecule has 0 radical (unpaired) electrons. The van der Waals surface area contributed by atoms with Gasteiger partial charge in [0, 0.05) is 33.2 Å². The second-order valence-electron chi connectivity index (χ2n) is 13.3. The molecule has 8 nitrogen and oxygen atoms in total. The van der Waals surface area contributed by atoms with Crippen LogP contribution in [0.5, 0.6) is 0 Å². The Morgan fingerprint density at radius 2 is 0.750 bits per heavy atom. The Morgan fingerprint density at radius 1 is 0.423 bits per heavy atom. The summed E-state index contributed by atoms with van der Waals surface area (Å²) in [6, 6.07) is 29.9. The number of H-pyrrole nitrogens is 4. The number of nitrogens with zero attached hydrogens (tertiary/aromatic N) is 4. The third-order valence-corrected chi connectivity index (χ3v) is 9.98. The zero-order valence-electron chi connectivity index (χ0n) is 29.1. The molecule has 4 N–H and O–H groups in total. The summed E-state index contributed by atoms with van der Waals surface area (Å²) in [5.74, 6) is 1.37. The first-order chi connectivity index (χ1) is 25.2. The number of hydrogen-bond acceptors (Lipinski definition) is 0. The molecule has 8 aromatic rings. The van der Waals surface area contributed by atoms with Crippen molar-refractivity contribution in [3.8, 4) is 0 Å². The summed E-state index contributed by atoms with van der Waals surface area (Å²) in [5.41, 5.74) is 8.99. The Bertz CT molecular complexity index is 2670. The zero-order valence-corrected chi connectivity index (χ0v) is 29.1. The van der Waals surface area contributed by atoms with Crippen LogP contribution >= 0.6 is 0 Å². The van der Waals surface area contributed by atoms with Crippen molar-refractivity contribution >= 4 is 22.3 Å².